The maximum atomic E-state index is 3.71. The van der Waals surface area contributed by atoms with E-state index in [2.05, 4.69) is 28.9 Å². The van der Waals surface area contributed by atoms with Crippen molar-refractivity contribution in [2.45, 2.75) is 62.8 Å². The molecular weight excluding hydrogens is 240 g/mol. The van der Waals surface area contributed by atoms with Gasteiger partial charge in [0.2, 0.25) is 0 Å². The Morgan fingerprint density at radius 3 is 2.83 bits per heavy atom. The fourth-order valence-electron chi connectivity index (χ4n) is 3.68. The van der Waals surface area contributed by atoms with E-state index in [0.717, 1.165) is 23.3 Å². The lowest BCUT2D eigenvalue weighted by Gasteiger charge is -2.29. The van der Waals surface area contributed by atoms with Crippen LogP contribution in [0.4, 0.5) is 0 Å². The minimum absolute atomic E-state index is 0.883. The predicted molar refractivity (Wildman–Crippen MR) is 80.3 cm³/mol. The van der Waals surface area contributed by atoms with E-state index in [0.29, 0.717) is 0 Å². The molecule has 3 atom stereocenters. The fourth-order valence-corrected chi connectivity index (χ4v) is 4.98. The van der Waals surface area contributed by atoms with Gasteiger partial charge in [-0.15, -0.1) is 0 Å². The summed E-state index contributed by atoms with van der Waals surface area (Å²) in [6.45, 7) is 6.32. The predicted octanol–water partition coefficient (Wildman–Crippen LogP) is 2.73. The molecule has 1 saturated heterocycles. The number of likely N-dealkylation sites (tertiary alicyclic amines) is 1. The molecule has 104 valence electrons. The normalized spacial score (nSPS) is 37.5. The Kier molecular flexibility index (Phi) is 4.53. The topological polar surface area (TPSA) is 15.3 Å². The molecule has 2 aliphatic carbocycles. The van der Waals surface area contributed by atoms with E-state index >= 15 is 0 Å². The summed E-state index contributed by atoms with van der Waals surface area (Å²) in [7, 11) is 0. The Labute approximate surface area is 116 Å². The van der Waals surface area contributed by atoms with Crippen LogP contribution in [0.3, 0.4) is 0 Å². The summed E-state index contributed by atoms with van der Waals surface area (Å²) in [5.41, 5.74) is 0. The van der Waals surface area contributed by atoms with E-state index in [1.165, 1.54) is 63.9 Å². The molecule has 2 saturated carbocycles. The average molecular weight is 268 g/mol. The van der Waals surface area contributed by atoms with Gasteiger partial charge in [-0.25, -0.2) is 0 Å². The first-order valence-corrected chi connectivity index (χ1v) is 9.00. The lowest BCUT2D eigenvalue weighted by atomic mass is 10.1. The van der Waals surface area contributed by atoms with Crippen molar-refractivity contribution in [1.82, 2.24) is 10.2 Å². The van der Waals surface area contributed by atoms with Gasteiger partial charge in [-0.1, -0.05) is 13.3 Å². The highest BCUT2D eigenvalue weighted by molar-refractivity contribution is 7.99. The van der Waals surface area contributed by atoms with E-state index in [9.17, 15) is 0 Å². The highest BCUT2D eigenvalue weighted by Gasteiger charge is 2.36. The zero-order valence-corrected chi connectivity index (χ0v) is 12.6. The molecule has 3 heteroatoms. The second-order valence-corrected chi connectivity index (χ2v) is 7.84. The Morgan fingerprint density at radius 1 is 1.17 bits per heavy atom. The van der Waals surface area contributed by atoms with E-state index in [1.54, 1.807) is 0 Å². The number of thioether (sulfide) groups is 1. The minimum atomic E-state index is 0.883. The third kappa shape index (κ3) is 3.23. The molecular formula is C15H28N2S. The molecule has 0 spiro atoms. The van der Waals surface area contributed by atoms with Crippen molar-refractivity contribution in [3.05, 3.63) is 0 Å². The minimum Gasteiger partial charge on any atom is -0.314 e. The van der Waals surface area contributed by atoms with Gasteiger partial charge in [0.15, 0.2) is 0 Å². The van der Waals surface area contributed by atoms with Gasteiger partial charge in [-0.2, -0.15) is 11.8 Å². The molecule has 0 radical (unpaired) electrons. The van der Waals surface area contributed by atoms with Gasteiger partial charge < -0.3 is 5.32 Å². The Balaban J connectivity index is 1.45. The molecule has 2 nitrogen and oxygen atoms in total. The molecule has 3 rings (SSSR count). The maximum Gasteiger partial charge on any atom is 0.0214 e. The second kappa shape index (κ2) is 6.15. The van der Waals surface area contributed by atoms with E-state index < -0.39 is 0 Å². The van der Waals surface area contributed by atoms with Crippen LogP contribution in [0.1, 0.15) is 45.4 Å². The Bertz CT molecular complexity index is 267. The number of nitrogens with one attached hydrogen (secondary N) is 1. The van der Waals surface area contributed by atoms with Crippen molar-refractivity contribution in [1.29, 1.82) is 0 Å². The van der Waals surface area contributed by atoms with Gasteiger partial charge in [-0.3, -0.25) is 4.90 Å². The first-order chi connectivity index (χ1) is 8.86. The molecule has 0 aromatic carbocycles. The summed E-state index contributed by atoms with van der Waals surface area (Å²) < 4.78 is 0. The molecule has 0 amide bonds. The molecule has 0 bridgehead atoms. The third-order valence-corrected chi connectivity index (χ3v) is 6.17. The van der Waals surface area contributed by atoms with E-state index in [4.69, 9.17) is 0 Å². The average Bonchev–Trinajstić information content (AvgIpc) is 2.89. The van der Waals surface area contributed by atoms with Crippen LogP contribution in [-0.2, 0) is 0 Å². The van der Waals surface area contributed by atoms with Crippen molar-refractivity contribution >= 4 is 11.8 Å². The molecule has 0 aromatic rings. The highest BCUT2D eigenvalue weighted by atomic mass is 32.2. The zero-order valence-electron chi connectivity index (χ0n) is 11.7. The fraction of sp³-hybridized carbons (Fsp3) is 1.00. The zero-order chi connectivity index (χ0) is 12.4. The van der Waals surface area contributed by atoms with Gasteiger partial charge in [0.25, 0.3) is 0 Å². The monoisotopic (exact) mass is 268 g/mol. The van der Waals surface area contributed by atoms with Crippen molar-refractivity contribution in [2.75, 3.05) is 25.4 Å². The van der Waals surface area contributed by atoms with Crippen molar-refractivity contribution in [2.24, 2.45) is 5.92 Å². The smallest absolute Gasteiger partial charge is 0.0214 e. The van der Waals surface area contributed by atoms with Crippen LogP contribution >= 0.6 is 11.8 Å². The maximum absolute atomic E-state index is 3.71. The lowest BCUT2D eigenvalue weighted by molar-refractivity contribution is 0.240. The number of nitrogens with zero attached hydrogens (tertiary/aromatic N) is 1. The Hall–Kier alpha value is 0.270. The molecule has 0 aromatic heterocycles. The van der Waals surface area contributed by atoms with Crippen LogP contribution in [0.25, 0.3) is 0 Å². The van der Waals surface area contributed by atoms with Crippen molar-refractivity contribution in [3.63, 3.8) is 0 Å². The molecule has 1 heterocycles. The van der Waals surface area contributed by atoms with Crippen LogP contribution in [0.15, 0.2) is 0 Å². The summed E-state index contributed by atoms with van der Waals surface area (Å²) >= 11 is 2.21. The van der Waals surface area contributed by atoms with Crippen LogP contribution in [0.2, 0.25) is 0 Å². The molecule has 3 fully saturated rings. The van der Waals surface area contributed by atoms with Gasteiger partial charge in [-0.05, 0) is 56.9 Å². The first-order valence-electron chi connectivity index (χ1n) is 7.96. The summed E-state index contributed by atoms with van der Waals surface area (Å²) in [6.07, 6.45) is 8.66. The number of hydrogen-bond acceptors (Lipinski definition) is 3. The van der Waals surface area contributed by atoms with Crippen molar-refractivity contribution in [3.8, 4) is 0 Å². The third-order valence-electron chi connectivity index (χ3n) is 4.86. The summed E-state index contributed by atoms with van der Waals surface area (Å²) in [6, 6.07) is 1.79. The SMILES string of the molecule is CCSC1CCCC1N1CCC(CNC2CC2)C1. The molecule has 3 unspecified atom stereocenters. The highest BCUT2D eigenvalue weighted by Crippen LogP contribution is 2.35. The molecule has 1 aliphatic heterocycles. The summed E-state index contributed by atoms with van der Waals surface area (Å²) in [5, 5.41) is 4.65. The van der Waals surface area contributed by atoms with Crippen molar-refractivity contribution < 1.29 is 0 Å². The summed E-state index contributed by atoms with van der Waals surface area (Å²) in [4.78, 5) is 2.82. The van der Waals surface area contributed by atoms with E-state index in [1.807, 2.05) is 0 Å². The van der Waals surface area contributed by atoms with Gasteiger partial charge >= 0.3 is 0 Å². The lowest BCUT2D eigenvalue weighted by Crippen LogP contribution is -2.38. The largest absolute Gasteiger partial charge is 0.314 e. The van der Waals surface area contributed by atoms with Gasteiger partial charge in [0.1, 0.15) is 0 Å². The second-order valence-electron chi connectivity index (χ2n) is 6.32. The molecule has 18 heavy (non-hydrogen) atoms. The van der Waals surface area contributed by atoms with Crippen LogP contribution in [-0.4, -0.2) is 47.6 Å². The number of rotatable bonds is 6. The molecule has 3 aliphatic rings. The van der Waals surface area contributed by atoms with E-state index in [-0.39, 0.29) is 0 Å². The van der Waals surface area contributed by atoms with Crippen LogP contribution in [0, 0.1) is 5.92 Å². The van der Waals surface area contributed by atoms with Crippen LogP contribution < -0.4 is 5.32 Å². The summed E-state index contributed by atoms with van der Waals surface area (Å²) in [5.74, 6) is 2.22. The molecule has 1 N–H and O–H groups in total. The number of hydrogen-bond donors (Lipinski definition) is 1. The quantitative estimate of drug-likeness (QED) is 0.797. The standard InChI is InChI=1S/C15H28N2S/c1-2-18-15-5-3-4-14(15)17-9-8-12(11-17)10-16-13-6-7-13/h12-16H,2-11H2,1H3. The Morgan fingerprint density at radius 2 is 2.06 bits per heavy atom. The van der Waals surface area contributed by atoms with Gasteiger partial charge in [0, 0.05) is 23.9 Å². The van der Waals surface area contributed by atoms with Crippen LogP contribution in [0.5, 0.6) is 0 Å². The first kappa shape index (κ1) is 13.3. The van der Waals surface area contributed by atoms with Gasteiger partial charge in [0.05, 0.1) is 0 Å².